The summed E-state index contributed by atoms with van der Waals surface area (Å²) in [6.45, 7) is 4.81. The molecule has 1 aliphatic heterocycles. The van der Waals surface area contributed by atoms with Crippen molar-refractivity contribution in [2.75, 3.05) is 31.1 Å². The Morgan fingerprint density at radius 2 is 1.80 bits per heavy atom. The van der Waals surface area contributed by atoms with E-state index in [-0.39, 0.29) is 35.8 Å². The van der Waals surface area contributed by atoms with Gasteiger partial charge in [-0.3, -0.25) is 9.59 Å². The van der Waals surface area contributed by atoms with Gasteiger partial charge in [0.1, 0.15) is 0 Å². The quantitative estimate of drug-likeness (QED) is 0.759. The number of hydrogen-bond donors (Lipinski definition) is 1. The van der Waals surface area contributed by atoms with E-state index in [1.165, 1.54) is 0 Å². The van der Waals surface area contributed by atoms with Gasteiger partial charge in [0.2, 0.25) is 11.8 Å². The Bertz CT molecular complexity index is 439. The second kappa shape index (κ2) is 7.61. The Kier molecular flexibility index (Phi) is 6.45. The van der Waals surface area contributed by atoms with Gasteiger partial charge in [0.05, 0.1) is 5.75 Å². The summed E-state index contributed by atoms with van der Waals surface area (Å²) in [6.07, 6.45) is 1.79. The molecule has 0 atom stereocenters. The molecule has 0 aromatic carbocycles. The molecule has 1 fully saturated rings. The van der Waals surface area contributed by atoms with E-state index in [0.717, 1.165) is 0 Å². The van der Waals surface area contributed by atoms with Crippen LogP contribution < -0.4 is 5.32 Å². The number of amides is 2. The number of nitrogens with one attached hydrogen (secondary N) is 1. The molecular weight excluding hydrogens is 280 g/mol. The van der Waals surface area contributed by atoms with E-state index < -0.39 is 9.84 Å². The summed E-state index contributed by atoms with van der Waals surface area (Å²) >= 11 is 0. The van der Waals surface area contributed by atoms with Gasteiger partial charge >= 0.3 is 0 Å². The molecule has 20 heavy (non-hydrogen) atoms. The maximum absolute atomic E-state index is 11.9. The van der Waals surface area contributed by atoms with Gasteiger partial charge in [0.15, 0.2) is 9.84 Å². The zero-order valence-electron chi connectivity index (χ0n) is 12.2. The van der Waals surface area contributed by atoms with E-state index in [9.17, 15) is 18.0 Å². The minimum Gasteiger partial charge on any atom is -0.355 e. The first kappa shape index (κ1) is 16.9. The zero-order valence-corrected chi connectivity index (χ0v) is 13.0. The number of likely N-dealkylation sites (tertiary alicyclic amines) is 1. The molecule has 116 valence electrons. The van der Waals surface area contributed by atoms with E-state index in [1.807, 2.05) is 6.92 Å². The first-order chi connectivity index (χ1) is 9.39. The predicted octanol–water partition coefficient (Wildman–Crippen LogP) is 0.186. The Morgan fingerprint density at radius 3 is 2.30 bits per heavy atom. The molecule has 0 unspecified atom stereocenters. The summed E-state index contributed by atoms with van der Waals surface area (Å²) in [4.78, 5) is 25.2. The Balaban J connectivity index is 2.31. The minimum atomic E-state index is -3.04. The number of hydrogen-bond acceptors (Lipinski definition) is 4. The molecule has 1 N–H and O–H groups in total. The van der Waals surface area contributed by atoms with Gasteiger partial charge in [0.25, 0.3) is 0 Å². The van der Waals surface area contributed by atoms with Gasteiger partial charge in [-0.1, -0.05) is 13.8 Å². The van der Waals surface area contributed by atoms with Gasteiger partial charge in [-0.25, -0.2) is 8.42 Å². The highest BCUT2D eigenvalue weighted by atomic mass is 32.2. The van der Waals surface area contributed by atoms with Crippen LogP contribution in [-0.4, -0.2) is 56.3 Å². The largest absolute Gasteiger partial charge is 0.355 e. The molecule has 0 radical (unpaired) electrons. The standard InChI is InChI=1S/C13H24N2O4S/c1-3-12(16)15-8-5-11(6-9-15)13(17)14-7-10-20(18,19)4-2/h11H,3-10H2,1-2H3,(H,14,17). The Morgan fingerprint density at radius 1 is 1.20 bits per heavy atom. The maximum Gasteiger partial charge on any atom is 0.223 e. The van der Waals surface area contributed by atoms with E-state index in [4.69, 9.17) is 0 Å². The van der Waals surface area contributed by atoms with Gasteiger partial charge in [-0.05, 0) is 12.8 Å². The molecule has 1 rings (SSSR count). The van der Waals surface area contributed by atoms with Crippen molar-refractivity contribution in [3.8, 4) is 0 Å². The van der Waals surface area contributed by atoms with E-state index in [1.54, 1.807) is 11.8 Å². The van der Waals surface area contributed by atoms with Crippen LogP contribution in [0.15, 0.2) is 0 Å². The van der Waals surface area contributed by atoms with Crippen molar-refractivity contribution >= 4 is 21.7 Å². The van der Waals surface area contributed by atoms with Crippen molar-refractivity contribution in [1.82, 2.24) is 10.2 Å². The van der Waals surface area contributed by atoms with Crippen molar-refractivity contribution in [3.63, 3.8) is 0 Å². The molecule has 1 heterocycles. The van der Waals surface area contributed by atoms with Crippen LogP contribution >= 0.6 is 0 Å². The highest BCUT2D eigenvalue weighted by molar-refractivity contribution is 7.91. The number of carbonyl (C=O) groups excluding carboxylic acids is 2. The molecule has 1 saturated heterocycles. The Hall–Kier alpha value is -1.11. The van der Waals surface area contributed by atoms with Crippen LogP contribution in [0.25, 0.3) is 0 Å². The lowest BCUT2D eigenvalue weighted by atomic mass is 9.96. The molecule has 0 saturated carbocycles. The fraction of sp³-hybridized carbons (Fsp3) is 0.846. The molecule has 0 aromatic heterocycles. The number of rotatable bonds is 6. The topological polar surface area (TPSA) is 83.6 Å². The summed E-state index contributed by atoms with van der Waals surface area (Å²) in [5, 5.41) is 2.68. The second-order valence-corrected chi connectivity index (χ2v) is 7.51. The molecule has 6 nitrogen and oxygen atoms in total. The van der Waals surface area contributed by atoms with Crippen LogP contribution in [0, 0.1) is 5.92 Å². The third-order valence-electron chi connectivity index (χ3n) is 3.67. The van der Waals surface area contributed by atoms with Crippen molar-refractivity contribution in [3.05, 3.63) is 0 Å². The van der Waals surface area contributed by atoms with Gasteiger partial charge in [-0.15, -0.1) is 0 Å². The molecular formula is C13H24N2O4S. The fourth-order valence-electron chi connectivity index (χ4n) is 2.23. The highest BCUT2D eigenvalue weighted by Crippen LogP contribution is 2.17. The third-order valence-corrected chi connectivity index (χ3v) is 5.38. The van der Waals surface area contributed by atoms with Crippen molar-refractivity contribution in [1.29, 1.82) is 0 Å². The van der Waals surface area contributed by atoms with Crippen molar-refractivity contribution < 1.29 is 18.0 Å². The lowest BCUT2D eigenvalue weighted by molar-refractivity contribution is -0.135. The monoisotopic (exact) mass is 304 g/mol. The van der Waals surface area contributed by atoms with E-state index in [2.05, 4.69) is 5.32 Å². The van der Waals surface area contributed by atoms with Crippen LogP contribution in [-0.2, 0) is 19.4 Å². The first-order valence-electron chi connectivity index (χ1n) is 7.15. The zero-order chi connectivity index (χ0) is 15.2. The lowest BCUT2D eigenvalue weighted by Gasteiger charge is -2.31. The number of piperidine rings is 1. The van der Waals surface area contributed by atoms with Crippen molar-refractivity contribution in [2.24, 2.45) is 5.92 Å². The second-order valence-electron chi connectivity index (χ2n) is 5.04. The first-order valence-corrected chi connectivity index (χ1v) is 8.97. The predicted molar refractivity (Wildman–Crippen MR) is 76.9 cm³/mol. The SMILES string of the molecule is CCC(=O)N1CCC(C(=O)NCCS(=O)(=O)CC)CC1. The lowest BCUT2D eigenvalue weighted by Crippen LogP contribution is -2.43. The number of nitrogens with zero attached hydrogens (tertiary/aromatic N) is 1. The maximum atomic E-state index is 11.9. The number of carbonyl (C=O) groups is 2. The van der Waals surface area contributed by atoms with Crippen molar-refractivity contribution in [2.45, 2.75) is 33.1 Å². The van der Waals surface area contributed by atoms with E-state index in [0.29, 0.717) is 32.4 Å². The molecule has 0 aromatic rings. The normalized spacial score (nSPS) is 17.0. The van der Waals surface area contributed by atoms with Crippen LogP contribution in [0.1, 0.15) is 33.1 Å². The summed E-state index contributed by atoms with van der Waals surface area (Å²) in [5.41, 5.74) is 0. The Labute approximate surface area is 120 Å². The summed E-state index contributed by atoms with van der Waals surface area (Å²) in [7, 11) is -3.04. The summed E-state index contributed by atoms with van der Waals surface area (Å²) < 4.78 is 22.6. The van der Waals surface area contributed by atoms with Crippen LogP contribution in [0.2, 0.25) is 0 Å². The molecule has 0 aliphatic carbocycles. The smallest absolute Gasteiger partial charge is 0.223 e. The van der Waals surface area contributed by atoms with Crippen LogP contribution in [0.3, 0.4) is 0 Å². The highest BCUT2D eigenvalue weighted by Gasteiger charge is 2.26. The number of sulfone groups is 1. The molecule has 7 heteroatoms. The van der Waals surface area contributed by atoms with Gasteiger partial charge in [0, 0.05) is 37.7 Å². The van der Waals surface area contributed by atoms with Gasteiger partial charge in [-0.2, -0.15) is 0 Å². The minimum absolute atomic E-state index is 0.0115. The van der Waals surface area contributed by atoms with Crippen LogP contribution in [0.4, 0.5) is 0 Å². The van der Waals surface area contributed by atoms with Crippen LogP contribution in [0.5, 0.6) is 0 Å². The average Bonchev–Trinajstić information content (AvgIpc) is 2.46. The molecule has 2 amide bonds. The molecule has 0 bridgehead atoms. The summed E-state index contributed by atoms with van der Waals surface area (Å²) in [5.74, 6) is 0.000952. The molecule has 1 aliphatic rings. The van der Waals surface area contributed by atoms with Gasteiger partial charge < -0.3 is 10.2 Å². The average molecular weight is 304 g/mol. The molecule has 0 spiro atoms. The fourth-order valence-corrected chi connectivity index (χ4v) is 2.93. The van der Waals surface area contributed by atoms with E-state index >= 15 is 0 Å². The third kappa shape index (κ3) is 5.11. The summed E-state index contributed by atoms with van der Waals surface area (Å²) in [6, 6.07) is 0.